The van der Waals surface area contributed by atoms with E-state index in [1.54, 1.807) is 32.0 Å². The number of hydrogen-bond donors (Lipinski definition) is 1. The van der Waals surface area contributed by atoms with Crippen LogP contribution in [0, 0.1) is 0 Å². The number of benzene rings is 2. The van der Waals surface area contributed by atoms with E-state index in [9.17, 15) is 0 Å². The van der Waals surface area contributed by atoms with E-state index in [2.05, 4.69) is 27.3 Å². The molecular weight excluding hydrogens is 358 g/mol. The molecule has 1 aromatic heterocycles. The van der Waals surface area contributed by atoms with Crippen LogP contribution in [0.3, 0.4) is 0 Å². The minimum Gasteiger partial charge on any atom is -0.497 e. The Kier molecular flexibility index (Phi) is 5.83. The third-order valence-electron chi connectivity index (χ3n) is 3.66. The zero-order chi connectivity index (χ0) is 17.6. The van der Waals surface area contributed by atoms with Crippen molar-refractivity contribution in [2.24, 2.45) is 0 Å². The third kappa shape index (κ3) is 4.46. The van der Waals surface area contributed by atoms with Crippen molar-refractivity contribution < 1.29 is 9.47 Å². The predicted molar refractivity (Wildman–Crippen MR) is 101 cm³/mol. The zero-order valence-electron chi connectivity index (χ0n) is 14.0. The number of aryl methyl sites for hydroxylation is 1. The maximum atomic E-state index is 6.07. The highest BCUT2D eigenvalue weighted by atomic mass is 35.5. The molecule has 5 nitrogen and oxygen atoms in total. The molecule has 0 spiro atoms. The molecule has 0 saturated heterocycles. The fourth-order valence-corrected chi connectivity index (χ4v) is 3.31. The third-order valence-corrected chi connectivity index (χ3v) is 4.75. The lowest BCUT2D eigenvalue weighted by molar-refractivity contribution is 0.414. The fraction of sp³-hybridized carbons (Fsp3) is 0.222. The molecule has 2 aromatic carbocycles. The smallest absolute Gasteiger partial charge is 0.208 e. The number of methoxy groups -OCH3 is 2. The molecule has 0 aliphatic carbocycles. The van der Waals surface area contributed by atoms with Gasteiger partial charge in [0.05, 0.1) is 19.8 Å². The standard InChI is InChI=1S/C18H18ClN3O2S/c1-23-14-6-3-12(4-7-14)9-10-25-18-20-17(21-22-18)15-11-13(19)5-8-16(15)24-2/h3-8,11H,9-10H2,1-2H3,(H,20,21,22). The Morgan fingerprint density at radius 3 is 2.60 bits per heavy atom. The van der Waals surface area contributed by atoms with Crippen molar-refractivity contribution in [3.63, 3.8) is 0 Å². The van der Waals surface area contributed by atoms with Crippen LogP contribution in [0.15, 0.2) is 47.6 Å². The summed E-state index contributed by atoms with van der Waals surface area (Å²) in [5.41, 5.74) is 2.05. The van der Waals surface area contributed by atoms with Crippen molar-refractivity contribution in [2.45, 2.75) is 11.6 Å². The molecule has 0 saturated carbocycles. The van der Waals surface area contributed by atoms with Gasteiger partial charge in [0.2, 0.25) is 5.16 Å². The van der Waals surface area contributed by atoms with Gasteiger partial charge in [0.15, 0.2) is 5.82 Å². The molecule has 0 aliphatic rings. The molecule has 0 radical (unpaired) electrons. The summed E-state index contributed by atoms with van der Waals surface area (Å²) in [7, 11) is 3.29. The maximum Gasteiger partial charge on any atom is 0.208 e. The van der Waals surface area contributed by atoms with Crippen molar-refractivity contribution in [2.75, 3.05) is 20.0 Å². The quantitative estimate of drug-likeness (QED) is 0.617. The first-order valence-electron chi connectivity index (χ1n) is 7.71. The van der Waals surface area contributed by atoms with Crippen molar-refractivity contribution in [1.29, 1.82) is 0 Å². The van der Waals surface area contributed by atoms with Crippen LogP contribution in [-0.4, -0.2) is 35.2 Å². The first kappa shape index (κ1) is 17.6. The molecule has 1 heterocycles. The van der Waals surface area contributed by atoms with Gasteiger partial charge in [0.25, 0.3) is 0 Å². The van der Waals surface area contributed by atoms with Crippen LogP contribution >= 0.6 is 23.4 Å². The summed E-state index contributed by atoms with van der Waals surface area (Å²) in [6.45, 7) is 0. The minimum atomic E-state index is 0.626. The van der Waals surface area contributed by atoms with Crippen molar-refractivity contribution in [3.8, 4) is 22.9 Å². The molecule has 0 bridgehead atoms. The van der Waals surface area contributed by atoms with E-state index in [4.69, 9.17) is 21.1 Å². The van der Waals surface area contributed by atoms with Gasteiger partial charge in [-0.15, -0.1) is 5.10 Å². The molecule has 3 rings (SSSR count). The second-order valence-corrected chi connectivity index (χ2v) is 6.76. The molecule has 0 aliphatic heterocycles. The Hall–Kier alpha value is -2.18. The summed E-state index contributed by atoms with van der Waals surface area (Å²) in [6.07, 6.45) is 0.930. The summed E-state index contributed by atoms with van der Waals surface area (Å²) in [6, 6.07) is 13.5. The number of H-pyrrole nitrogens is 1. The fourth-order valence-electron chi connectivity index (χ4n) is 2.35. The number of nitrogens with one attached hydrogen (secondary N) is 1. The average Bonchev–Trinajstić information content (AvgIpc) is 3.11. The van der Waals surface area contributed by atoms with Crippen LogP contribution in [0.4, 0.5) is 0 Å². The Balaban J connectivity index is 1.63. The summed E-state index contributed by atoms with van der Waals surface area (Å²) < 4.78 is 10.5. The van der Waals surface area contributed by atoms with Gasteiger partial charge < -0.3 is 9.47 Å². The molecule has 0 fully saturated rings. The summed E-state index contributed by atoms with van der Waals surface area (Å²) in [4.78, 5) is 4.53. The van der Waals surface area contributed by atoms with E-state index in [0.717, 1.165) is 23.5 Å². The molecule has 1 N–H and O–H groups in total. The average molecular weight is 376 g/mol. The second-order valence-electron chi connectivity index (χ2n) is 5.26. The highest BCUT2D eigenvalue weighted by molar-refractivity contribution is 7.99. The molecule has 130 valence electrons. The van der Waals surface area contributed by atoms with Gasteiger partial charge in [-0.3, -0.25) is 5.10 Å². The van der Waals surface area contributed by atoms with Gasteiger partial charge in [0.1, 0.15) is 11.5 Å². The van der Waals surface area contributed by atoms with E-state index < -0.39 is 0 Å². The Morgan fingerprint density at radius 2 is 1.88 bits per heavy atom. The Morgan fingerprint density at radius 1 is 1.08 bits per heavy atom. The normalized spacial score (nSPS) is 10.7. The lowest BCUT2D eigenvalue weighted by Crippen LogP contribution is -1.90. The highest BCUT2D eigenvalue weighted by Crippen LogP contribution is 2.31. The Labute approximate surface area is 155 Å². The molecular formula is C18H18ClN3O2S. The summed E-state index contributed by atoms with van der Waals surface area (Å²) >= 11 is 7.67. The first-order chi connectivity index (χ1) is 12.2. The largest absolute Gasteiger partial charge is 0.497 e. The van der Waals surface area contributed by atoms with Crippen molar-refractivity contribution >= 4 is 23.4 Å². The van der Waals surface area contributed by atoms with E-state index in [1.807, 2.05) is 24.3 Å². The van der Waals surface area contributed by atoms with Gasteiger partial charge in [-0.1, -0.05) is 35.5 Å². The lowest BCUT2D eigenvalue weighted by Gasteiger charge is -2.05. The topological polar surface area (TPSA) is 60.0 Å². The van der Waals surface area contributed by atoms with E-state index in [0.29, 0.717) is 21.8 Å². The van der Waals surface area contributed by atoms with Crippen LogP contribution in [0.5, 0.6) is 11.5 Å². The monoisotopic (exact) mass is 375 g/mol. The number of rotatable bonds is 7. The number of hydrogen-bond acceptors (Lipinski definition) is 5. The predicted octanol–water partition coefficient (Wildman–Crippen LogP) is 4.48. The number of aromatic nitrogens is 3. The molecule has 0 atom stereocenters. The molecule has 25 heavy (non-hydrogen) atoms. The summed E-state index contributed by atoms with van der Waals surface area (Å²) in [5, 5.41) is 8.54. The van der Waals surface area contributed by atoms with E-state index in [1.165, 1.54) is 5.56 Å². The van der Waals surface area contributed by atoms with Crippen LogP contribution in [0.2, 0.25) is 5.02 Å². The molecule has 7 heteroatoms. The number of nitrogens with zero attached hydrogens (tertiary/aromatic N) is 2. The number of thioether (sulfide) groups is 1. The lowest BCUT2D eigenvalue weighted by atomic mass is 10.2. The van der Waals surface area contributed by atoms with E-state index in [-0.39, 0.29) is 0 Å². The SMILES string of the molecule is COc1ccc(CCSc2n[nH]c(-c3cc(Cl)ccc3OC)n2)cc1. The van der Waals surface area contributed by atoms with Crippen LogP contribution in [0.25, 0.3) is 11.4 Å². The van der Waals surface area contributed by atoms with Gasteiger partial charge in [-0.05, 0) is 42.3 Å². The summed E-state index contributed by atoms with van der Waals surface area (Å²) in [5.74, 6) is 3.10. The number of halogens is 1. The van der Waals surface area contributed by atoms with Crippen LogP contribution in [-0.2, 0) is 6.42 Å². The van der Waals surface area contributed by atoms with Crippen molar-refractivity contribution in [1.82, 2.24) is 15.2 Å². The van der Waals surface area contributed by atoms with Crippen molar-refractivity contribution in [3.05, 3.63) is 53.1 Å². The van der Waals surface area contributed by atoms with Gasteiger partial charge in [-0.2, -0.15) is 0 Å². The molecule has 0 unspecified atom stereocenters. The van der Waals surface area contributed by atoms with Gasteiger partial charge in [0, 0.05) is 10.8 Å². The van der Waals surface area contributed by atoms with Crippen LogP contribution < -0.4 is 9.47 Å². The zero-order valence-corrected chi connectivity index (χ0v) is 15.5. The second kappa shape index (κ2) is 8.27. The van der Waals surface area contributed by atoms with Gasteiger partial charge in [-0.25, -0.2) is 4.98 Å². The number of aromatic amines is 1. The molecule has 3 aromatic rings. The Bertz CT molecular complexity index is 837. The first-order valence-corrected chi connectivity index (χ1v) is 9.08. The maximum absolute atomic E-state index is 6.07. The minimum absolute atomic E-state index is 0.626. The number of ether oxygens (including phenoxy) is 2. The van der Waals surface area contributed by atoms with E-state index >= 15 is 0 Å². The van der Waals surface area contributed by atoms with Crippen LogP contribution in [0.1, 0.15) is 5.56 Å². The van der Waals surface area contributed by atoms with Gasteiger partial charge >= 0.3 is 0 Å². The highest BCUT2D eigenvalue weighted by Gasteiger charge is 2.12. The molecule has 0 amide bonds.